The molecule has 0 radical (unpaired) electrons. The Morgan fingerprint density at radius 1 is 1.42 bits per heavy atom. The molecule has 0 aliphatic heterocycles. The lowest BCUT2D eigenvalue weighted by Crippen LogP contribution is -2.21. The average molecular weight is 266 g/mol. The molecule has 1 aliphatic rings. The molecular weight excluding hydrogens is 240 g/mol. The van der Waals surface area contributed by atoms with Gasteiger partial charge in [0.05, 0.1) is 18.8 Å². The van der Waals surface area contributed by atoms with E-state index in [0.29, 0.717) is 6.04 Å². The molecule has 0 saturated heterocycles. The monoisotopic (exact) mass is 266 g/mol. The molecule has 2 rings (SSSR count). The molecule has 1 aromatic rings. The van der Waals surface area contributed by atoms with Crippen molar-refractivity contribution in [2.24, 2.45) is 5.92 Å². The second-order valence-electron chi connectivity index (χ2n) is 5.71. The molecule has 0 amide bonds. The Balaban J connectivity index is 1.54. The Bertz CT molecular complexity index is 360. The number of aromatic nitrogens is 3. The molecule has 1 aliphatic carbocycles. The van der Waals surface area contributed by atoms with Gasteiger partial charge in [0.1, 0.15) is 0 Å². The molecule has 0 spiro atoms. The van der Waals surface area contributed by atoms with Crippen molar-refractivity contribution in [2.75, 3.05) is 13.2 Å². The van der Waals surface area contributed by atoms with E-state index in [0.717, 1.165) is 37.9 Å². The van der Waals surface area contributed by atoms with Gasteiger partial charge in [-0.3, -0.25) is 0 Å². The van der Waals surface area contributed by atoms with E-state index in [2.05, 4.69) is 29.5 Å². The van der Waals surface area contributed by atoms with Crippen molar-refractivity contribution in [3.8, 4) is 0 Å². The van der Waals surface area contributed by atoms with Gasteiger partial charge in [0.25, 0.3) is 0 Å². The highest BCUT2D eigenvalue weighted by Crippen LogP contribution is 2.28. The predicted molar refractivity (Wildman–Crippen MR) is 74.8 cm³/mol. The zero-order valence-corrected chi connectivity index (χ0v) is 12.1. The first-order chi connectivity index (χ1) is 9.24. The highest BCUT2D eigenvalue weighted by atomic mass is 16.5. The molecule has 1 fully saturated rings. The molecule has 1 saturated carbocycles. The zero-order valence-electron chi connectivity index (χ0n) is 12.1. The van der Waals surface area contributed by atoms with Crippen molar-refractivity contribution in [3.05, 3.63) is 11.9 Å². The van der Waals surface area contributed by atoms with E-state index in [4.69, 9.17) is 4.74 Å². The second-order valence-corrected chi connectivity index (χ2v) is 5.71. The number of rotatable bonds is 9. The predicted octanol–water partition coefficient (Wildman–Crippen LogP) is 1.98. The van der Waals surface area contributed by atoms with Gasteiger partial charge in [0.2, 0.25) is 0 Å². The van der Waals surface area contributed by atoms with E-state index in [-0.39, 0.29) is 0 Å². The molecule has 1 N–H and O–H groups in total. The number of ether oxygens (including phenoxy) is 1. The third-order valence-electron chi connectivity index (χ3n) is 3.64. The fourth-order valence-corrected chi connectivity index (χ4v) is 2.13. The quantitative estimate of drug-likeness (QED) is 0.694. The lowest BCUT2D eigenvalue weighted by molar-refractivity contribution is 0.0983. The highest BCUT2D eigenvalue weighted by Gasteiger charge is 2.16. The smallest absolute Gasteiger partial charge is 0.0964 e. The summed E-state index contributed by atoms with van der Waals surface area (Å²) in [6.07, 6.45) is 7.43. The topological polar surface area (TPSA) is 52.0 Å². The Kier molecular flexibility index (Phi) is 5.79. The summed E-state index contributed by atoms with van der Waals surface area (Å²) in [4.78, 5) is 0. The maximum atomic E-state index is 5.65. The molecular formula is C14H26N4O. The van der Waals surface area contributed by atoms with Crippen molar-refractivity contribution in [1.82, 2.24) is 20.3 Å². The Labute approximate surface area is 115 Å². The molecule has 0 bridgehead atoms. The minimum atomic E-state index is 0.472. The van der Waals surface area contributed by atoms with Crippen LogP contribution < -0.4 is 5.32 Å². The van der Waals surface area contributed by atoms with Crippen molar-refractivity contribution in [2.45, 2.75) is 58.7 Å². The Hall–Kier alpha value is -0.940. The molecule has 1 heterocycles. The van der Waals surface area contributed by atoms with Crippen LogP contribution in [-0.2, 0) is 17.8 Å². The summed E-state index contributed by atoms with van der Waals surface area (Å²) < 4.78 is 7.51. The minimum absolute atomic E-state index is 0.472. The summed E-state index contributed by atoms with van der Waals surface area (Å²) in [5, 5.41) is 11.6. The van der Waals surface area contributed by atoms with Crippen molar-refractivity contribution in [1.29, 1.82) is 0 Å². The van der Waals surface area contributed by atoms with E-state index in [1.165, 1.54) is 25.7 Å². The van der Waals surface area contributed by atoms with E-state index in [1.807, 2.05) is 10.9 Å². The van der Waals surface area contributed by atoms with Crippen LogP contribution in [-0.4, -0.2) is 34.2 Å². The van der Waals surface area contributed by atoms with Crippen LogP contribution in [0.5, 0.6) is 0 Å². The van der Waals surface area contributed by atoms with Gasteiger partial charge in [-0.25, -0.2) is 4.68 Å². The number of hydrogen-bond acceptors (Lipinski definition) is 4. The van der Waals surface area contributed by atoms with Gasteiger partial charge in [0, 0.05) is 25.4 Å². The molecule has 5 heteroatoms. The van der Waals surface area contributed by atoms with Gasteiger partial charge in [0.15, 0.2) is 0 Å². The molecule has 0 aromatic carbocycles. The van der Waals surface area contributed by atoms with Crippen molar-refractivity contribution >= 4 is 0 Å². The third-order valence-corrected chi connectivity index (χ3v) is 3.64. The summed E-state index contributed by atoms with van der Waals surface area (Å²) in [5.41, 5.74) is 0.989. The van der Waals surface area contributed by atoms with Crippen LogP contribution in [0.25, 0.3) is 0 Å². The van der Waals surface area contributed by atoms with Crippen LogP contribution in [0.15, 0.2) is 6.20 Å². The number of nitrogens with zero attached hydrogens (tertiary/aromatic N) is 3. The maximum Gasteiger partial charge on any atom is 0.0964 e. The molecule has 1 aromatic heterocycles. The molecule has 0 atom stereocenters. The number of nitrogens with one attached hydrogen (secondary N) is 1. The lowest BCUT2D eigenvalue weighted by Gasteiger charge is -2.24. The zero-order chi connectivity index (χ0) is 13.5. The van der Waals surface area contributed by atoms with E-state index in [1.54, 1.807) is 0 Å². The van der Waals surface area contributed by atoms with E-state index in [9.17, 15) is 0 Å². The van der Waals surface area contributed by atoms with Gasteiger partial charge in [-0.1, -0.05) is 38.3 Å². The van der Waals surface area contributed by atoms with Crippen LogP contribution in [0.3, 0.4) is 0 Å². The summed E-state index contributed by atoms with van der Waals surface area (Å²) >= 11 is 0. The van der Waals surface area contributed by atoms with Crippen molar-refractivity contribution < 1.29 is 4.74 Å². The molecule has 0 unspecified atom stereocenters. The summed E-state index contributed by atoms with van der Waals surface area (Å²) in [6, 6.07) is 0.472. The maximum absolute atomic E-state index is 5.65. The van der Waals surface area contributed by atoms with E-state index >= 15 is 0 Å². The summed E-state index contributed by atoms with van der Waals surface area (Å²) in [7, 11) is 0. The summed E-state index contributed by atoms with van der Waals surface area (Å²) in [5.74, 6) is 0.931. The van der Waals surface area contributed by atoms with E-state index < -0.39 is 0 Å². The van der Waals surface area contributed by atoms with Crippen LogP contribution in [0.1, 0.15) is 45.2 Å². The van der Waals surface area contributed by atoms with Crippen LogP contribution >= 0.6 is 0 Å². The number of hydrogen-bond donors (Lipinski definition) is 1. The lowest BCUT2D eigenvalue weighted by atomic mass is 9.83. The highest BCUT2D eigenvalue weighted by molar-refractivity contribution is 4.91. The Morgan fingerprint density at radius 3 is 2.95 bits per heavy atom. The minimum Gasteiger partial charge on any atom is -0.380 e. The van der Waals surface area contributed by atoms with Gasteiger partial charge in [-0.05, 0) is 12.3 Å². The van der Waals surface area contributed by atoms with Gasteiger partial charge >= 0.3 is 0 Å². The first-order valence-corrected chi connectivity index (χ1v) is 7.44. The third kappa shape index (κ3) is 5.28. The largest absolute Gasteiger partial charge is 0.380 e. The van der Waals surface area contributed by atoms with Gasteiger partial charge in [-0.15, -0.1) is 5.10 Å². The first-order valence-electron chi connectivity index (χ1n) is 7.44. The molecule has 19 heavy (non-hydrogen) atoms. The summed E-state index contributed by atoms with van der Waals surface area (Å²) in [6.45, 7) is 7.44. The van der Waals surface area contributed by atoms with Crippen LogP contribution in [0, 0.1) is 5.92 Å². The fraction of sp³-hybridized carbons (Fsp3) is 0.857. The second kappa shape index (κ2) is 7.60. The van der Waals surface area contributed by atoms with Crippen molar-refractivity contribution in [3.63, 3.8) is 0 Å². The van der Waals surface area contributed by atoms with Gasteiger partial charge in [-0.2, -0.15) is 0 Å². The van der Waals surface area contributed by atoms with Crippen LogP contribution in [0.4, 0.5) is 0 Å². The van der Waals surface area contributed by atoms with Crippen LogP contribution in [0.2, 0.25) is 0 Å². The van der Waals surface area contributed by atoms with Gasteiger partial charge < -0.3 is 10.1 Å². The molecule has 108 valence electrons. The standard InChI is InChI=1S/C14H26N4O/c1-12(2)15-10-14-11-18(17-16-14)7-9-19-8-6-13-4-3-5-13/h11-13,15H,3-10H2,1-2H3. The average Bonchev–Trinajstić information content (AvgIpc) is 2.76. The fourth-order valence-electron chi connectivity index (χ4n) is 2.13. The normalized spacial score (nSPS) is 15.9. The first kappa shape index (κ1) is 14.5. The SMILES string of the molecule is CC(C)NCc1cn(CCOCCC2CCC2)nn1. The molecule has 5 nitrogen and oxygen atoms in total. The Morgan fingerprint density at radius 2 is 2.26 bits per heavy atom.